The lowest BCUT2D eigenvalue weighted by molar-refractivity contribution is 0.297. The molecule has 2 aromatic carbocycles. The number of hydrogen-bond donors (Lipinski definition) is 2. The number of rotatable bonds is 6. The normalized spacial score (nSPS) is 13.1. The Morgan fingerprint density at radius 1 is 1.13 bits per heavy atom. The van der Waals surface area contributed by atoms with Gasteiger partial charge in [-0.05, 0) is 30.2 Å². The van der Waals surface area contributed by atoms with E-state index in [9.17, 15) is 0 Å². The number of anilines is 1. The van der Waals surface area contributed by atoms with Crippen LogP contribution >= 0.6 is 24.0 Å². The van der Waals surface area contributed by atoms with Crippen molar-refractivity contribution in [1.82, 2.24) is 14.9 Å². The van der Waals surface area contributed by atoms with Gasteiger partial charge in [0.15, 0.2) is 17.5 Å². The Bertz CT molecular complexity index is 991. The maximum atomic E-state index is 5.81. The molecule has 31 heavy (non-hydrogen) atoms. The van der Waals surface area contributed by atoms with Crippen molar-refractivity contribution in [3.8, 4) is 11.5 Å². The molecule has 3 aromatic rings. The second kappa shape index (κ2) is 11.6. The third-order valence-corrected chi connectivity index (χ3v) is 4.90. The third-order valence-electron chi connectivity index (χ3n) is 4.90. The van der Waals surface area contributed by atoms with Crippen LogP contribution in [0.1, 0.15) is 17.5 Å². The van der Waals surface area contributed by atoms with E-state index in [4.69, 9.17) is 14.5 Å². The maximum absolute atomic E-state index is 5.81. The molecular formula is C23H28IN5O2. The van der Waals surface area contributed by atoms with Crippen LogP contribution in [0.2, 0.25) is 0 Å². The van der Waals surface area contributed by atoms with Gasteiger partial charge in [-0.1, -0.05) is 24.3 Å². The number of aryl methyl sites for hydroxylation is 1. The van der Waals surface area contributed by atoms with E-state index in [-0.39, 0.29) is 24.0 Å². The van der Waals surface area contributed by atoms with Gasteiger partial charge in [0.2, 0.25) is 0 Å². The second-order valence-corrected chi connectivity index (χ2v) is 7.16. The van der Waals surface area contributed by atoms with E-state index in [1.54, 1.807) is 6.20 Å². The smallest absolute Gasteiger partial charge is 0.196 e. The van der Waals surface area contributed by atoms with Crippen LogP contribution < -0.4 is 20.1 Å². The molecule has 0 spiro atoms. The van der Waals surface area contributed by atoms with Gasteiger partial charge in [-0.2, -0.15) is 0 Å². The lowest BCUT2D eigenvalue weighted by Crippen LogP contribution is -2.33. The number of aromatic nitrogens is 2. The van der Waals surface area contributed by atoms with Crippen molar-refractivity contribution in [1.29, 1.82) is 0 Å². The number of hydrogen-bond acceptors (Lipinski definition) is 4. The molecule has 2 N–H and O–H groups in total. The Hall–Kier alpha value is -2.75. The van der Waals surface area contributed by atoms with Crippen molar-refractivity contribution in [2.45, 2.75) is 26.4 Å². The van der Waals surface area contributed by atoms with Gasteiger partial charge in [0.25, 0.3) is 0 Å². The van der Waals surface area contributed by atoms with Crippen LogP contribution in [0.15, 0.2) is 66.2 Å². The molecule has 1 aromatic heterocycles. The van der Waals surface area contributed by atoms with Gasteiger partial charge in [-0.25, -0.2) is 9.98 Å². The number of benzene rings is 2. The molecule has 164 valence electrons. The number of aliphatic imine (C=N–C) groups is 1. The van der Waals surface area contributed by atoms with Crippen LogP contribution in [0, 0.1) is 6.92 Å². The van der Waals surface area contributed by atoms with Gasteiger partial charge in [0.1, 0.15) is 0 Å². The molecule has 0 bridgehead atoms. The molecular weight excluding hydrogens is 505 g/mol. The molecule has 1 aliphatic heterocycles. The Balaban J connectivity index is 0.00000272. The first kappa shape index (κ1) is 22.9. The monoisotopic (exact) mass is 533 g/mol. The fourth-order valence-electron chi connectivity index (χ4n) is 3.19. The van der Waals surface area contributed by atoms with E-state index in [1.165, 1.54) is 11.1 Å². The minimum atomic E-state index is 0. The lowest BCUT2D eigenvalue weighted by atomic mass is 10.1. The largest absolute Gasteiger partial charge is 0.490 e. The molecule has 2 heterocycles. The summed E-state index contributed by atoms with van der Waals surface area (Å²) in [4.78, 5) is 8.88. The summed E-state index contributed by atoms with van der Waals surface area (Å²) in [6.45, 7) is 5.56. The minimum absolute atomic E-state index is 0. The van der Waals surface area contributed by atoms with Crippen LogP contribution in [-0.4, -0.2) is 35.3 Å². The summed E-state index contributed by atoms with van der Waals surface area (Å²) < 4.78 is 13.6. The van der Waals surface area contributed by atoms with Crippen molar-refractivity contribution in [3.63, 3.8) is 0 Å². The minimum Gasteiger partial charge on any atom is -0.490 e. The van der Waals surface area contributed by atoms with E-state index < -0.39 is 0 Å². The third kappa shape index (κ3) is 6.61. The fourth-order valence-corrected chi connectivity index (χ4v) is 3.19. The molecule has 7 nitrogen and oxygen atoms in total. The average molecular weight is 533 g/mol. The Labute approximate surface area is 199 Å². The number of nitrogens with one attached hydrogen (secondary N) is 2. The number of fused-ring (bicyclic) bond motifs is 1. The summed E-state index contributed by atoms with van der Waals surface area (Å²) in [7, 11) is 0. The zero-order valence-corrected chi connectivity index (χ0v) is 19.9. The molecule has 0 aliphatic carbocycles. The van der Waals surface area contributed by atoms with Crippen molar-refractivity contribution in [3.05, 3.63) is 72.3 Å². The number of nitrogens with zero attached hydrogens (tertiary/aromatic N) is 3. The molecule has 0 atom stereocenters. The first-order chi connectivity index (χ1) is 14.8. The Morgan fingerprint density at radius 3 is 2.77 bits per heavy atom. The number of guanidine groups is 1. The van der Waals surface area contributed by atoms with E-state index in [1.807, 2.05) is 47.4 Å². The predicted octanol–water partition coefficient (Wildman–Crippen LogP) is 4.23. The molecule has 0 unspecified atom stereocenters. The van der Waals surface area contributed by atoms with Gasteiger partial charge in [-0.15, -0.1) is 24.0 Å². The SMILES string of the molecule is Cc1ccccc1CN=C(NCCn1ccnc1)Nc1ccc2c(c1)OCCCO2.I. The van der Waals surface area contributed by atoms with Crippen LogP contribution in [0.3, 0.4) is 0 Å². The molecule has 0 fully saturated rings. The molecule has 0 amide bonds. The quantitative estimate of drug-likeness (QED) is 0.282. The Kier molecular flexibility index (Phi) is 8.57. The lowest BCUT2D eigenvalue weighted by Gasteiger charge is -2.15. The summed E-state index contributed by atoms with van der Waals surface area (Å²) in [6, 6.07) is 14.2. The highest BCUT2D eigenvalue weighted by atomic mass is 127. The Morgan fingerprint density at radius 2 is 1.97 bits per heavy atom. The second-order valence-electron chi connectivity index (χ2n) is 7.16. The zero-order chi connectivity index (χ0) is 20.6. The highest BCUT2D eigenvalue weighted by Crippen LogP contribution is 2.32. The number of ether oxygens (including phenoxy) is 2. The van der Waals surface area contributed by atoms with E-state index >= 15 is 0 Å². The highest BCUT2D eigenvalue weighted by Gasteiger charge is 2.11. The molecule has 0 saturated heterocycles. The fraction of sp³-hybridized carbons (Fsp3) is 0.304. The average Bonchev–Trinajstić information content (AvgIpc) is 3.16. The summed E-state index contributed by atoms with van der Waals surface area (Å²) in [6.07, 6.45) is 6.42. The van der Waals surface area contributed by atoms with Crippen molar-refractivity contribution in [2.24, 2.45) is 4.99 Å². The number of halogens is 1. The summed E-state index contributed by atoms with van der Waals surface area (Å²) >= 11 is 0. The first-order valence-corrected chi connectivity index (χ1v) is 10.2. The van der Waals surface area contributed by atoms with Crippen LogP contribution in [-0.2, 0) is 13.1 Å². The molecule has 0 radical (unpaired) electrons. The van der Waals surface area contributed by atoms with Gasteiger partial charge < -0.3 is 24.7 Å². The van der Waals surface area contributed by atoms with Gasteiger partial charge >= 0.3 is 0 Å². The van der Waals surface area contributed by atoms with Crippen molar-refractivity contribution in [2.75, 3.05) is 25.1 Å². The van der Waals surface area contributed by atoms with Crippen LogP contribution in [0.5, 0.6) is 11.5 Å². The van der Waals surface area contributed by atoms with Crippen molar-refractivity contribution >= 4 is 35.6 Å². The molecule has 1 aliphatic rings. The van der Waals surface area contributed by atoms with E-state index in [2.05, 4.69) is 34.7 Å². The zero-order valence-electron chi connectivity index (χ0n) is 17.6. The standard InChI is InChI=1S/C23H27N5O2.HI/c1-18-5-2-3-6-19(18)16-26-23(25-10-12-28-11-9-24-17-28)27-20-7-8-21-22(15-20)30-14-4-13-29-21;/h2-3,5-9,11,15,17H,4,10,12-14,16H2,1H3,(H2,25,26,27);1H. The van der Waals surface area contributed by atoms with Crippen LogP contribution in [0.4, 0.5) is 5.69 Å². The van der Waals surface area contributed by atoms with Gasteiger partial charge in [0.05, 0.1) is 26.1 Å². The van der Waals surface area contributed by atoms with E-state index in [0.717, 1.165) is 36.7 Å². The number of imidazole rings is 1. The van der Waals surface area contributed by atoms with Crippen LogP contribution in [0.25, 0.3) is 0 Å². The molecule has 4 rings (SSSR count). The molecule has 8 heteroatoms. The summed E-state index contributed by atoms with van der Waals surface area (Å²) in [5.41, 5.74) is 3.33. The summed E-state index contributed by atoms with van der Waals surface area (Å²) in [5, 5.41) is 6.80. The van der Waals surface area contributed by atoms with Gasteiger partial charge in [0, 0.05) is 43.7 Å². The van der Waals surface area contributed by atoms with E-state index in [0.29, 0.717) is 25.7 Å². The molecule has 0 saturated carbocycles. The summed E-state index contributed by atoms with van der Waals surface area (Å²) in [5.74, 6) is 2.26. The van der Waals surface area contributed by atoms with Gasteiger partial charge in [-0.3, -0.25) is 0 Å². The predicted molar refractivity (Wildman–Crippen MR) is 134 cm³/mol. The maximum Gasteiger partial charge on any atom is 0.196 e. The first-order valence-electron chi connectivity index (χ1n) is 10.2. The topological polar surface area (TPSA) is 72.7 Å². The van der Waals surface area contributed by atoms with Crippen molar-refractivity contribution < 1.29 is 9.47 Å². The highest BCUT2D eigenvalue weighted by molar-refractivity contribution is 14.0.